The molecule has 5 heterocycles. The molecule has 110 heavy (non-hydrogen) atoms. The van der Waals surface area contributed by atoms with Gasteiger partial charge in [-0.2, -0.15) is 9.97 Å². The van der Waals surface area contributed by atoms with E-state index in [1.807, 2.05) is 117 Å². The number of halogens is 6. The van der Waals surface area contributed by atoms with Crippen molar-refractivity contribution in [2.75, 3.05) is 0 Å². The minimum Gasteiger partial charge on any atom is -0.508 e. The number of aromatic hydroxyl groups is 1. The fourth-order valence-electron chi connectivity index (χ4n) is 11.9. The summed E-state index contributed by atoms with van der Waals surface area (Å²) in [5.74, 6) is 2.56. The molecule has 0 atom stereocenters. The Morgan fingerprint density at radius 2 is 0.809 bits per heavy atom. The fourth-order valence-corrected chi connectivity index (χ4v) is 15.8. The van der Waals surface area contributed by atoms with Crippen LogP contribution >= 0.6 is 100 Å². The minimum absolute atomic E-state index is 0. The lowest BCUT2D eigenvalue weighted by molar-refractivity contribution is -0.146. The van der Waals surface area contributed by atoms with Crippen molar-refractivity contribution in [1.82, 2.24) is 34.0 Å². The van der Waals surface area contributed by atoms with Gasteiger partial charge in [0.15, 0.2) is 11.6 Å². The Kier molecular flexibility index (Phi) is 34.8. The van der Waals surface area contributed by atoms with Crippen LogP contribution in [0.4, 0.5) is 0 Å². The molecule has 0 saturated heterocycles. The minimum atomic E-state index is -1.72. The number of aryl methyl sites for hydroxylation is 4. The van der Waals surface area contributed by atoms with Gasteiger partial charge in [0.2, 0.25) is 11.8 Å². The zero-order chi connectivity index (χ0) is 80.2. The Bertz CT molecular complexity index is 4670. The summed E-state index contributed by atoms with van der Waals surface area (Å²) in [5.41, 5.74) is 16.5. The molecule has 0 radical (unpaired) electrons. The van der Waals surface area contributed by atoms with E-state index in [-0.39, 0.29) is 55.8 Å². The lowest BCUT2D eigenvalue weighted by Gasteiger charge is -2.24. The van der Waals surface area contributed by atoms with E-state index < -0.39 is 22.8 Å². The molecule has 5 N–H and O–H groups in total. The number of hydrogen-bond acceptors (Lipinski definition) is 13. The molecule has 15 nitrogen and oxygen atoms in total. The highest BCUT2D eigenvalue weighted by molar-refractivity contribution is 8.01. The lowest BCUT2D eigenvalue weighted by Crippen LogP contribution is -2.28. The van der Waals surface area contributed by atoms with Gasteiger partial charge in [0.1, 0.15) is 11.6 Å². The standard InChI is InChI=1S/C28H34ClN3OS.C27H32ClN3O2S.C25H30ClNO2S.C3H8N2O.2CH4.Al.3ClH.3H2/c1-8-24-30-26(33-31-24)28(6,7)16-23-25(34-27(3,4)5)21-15-18(2)9-14-22(21)32(23)17-19-10-12-20(29)13-11-19;1-7-23-29-25(33-30-23)27(5,6)15-22-24(34-26(2,3)4)20-14-19(32)12-13-21(20)31(22)16-17-8-10-18(28)11-9-17;1-16-7-12-20-19(13-16)22(30-24(2,3)4)21(14-25(5,6)23(28)29)27(20)15-17-8-10-18(26)11-9-17;1-2-3(4)5-6;;;;;;;;;/h9-15H,8,16-17H2,1-7H3;8-14,32H,7,15-16H2,1-6H3;7-13H,14-15H2,1-6H3,(H,28,29);6H,2H2,1H3,(H2,4,5);2*1H4;;6*1H/q;;;;;;+3;;;;;;/p-3. The van der Waals surface area contributed by atoms with Gasteiger partial charge in [-0.25, -0.2) is 30.1 Å². The zero-order valence-corrected chi connectivity index (χ0v) is 73.9. The molecule has 0 aliphatic heterocycles. The van der Waals surface area contributed by atoms with Crippen molar-refractivity contribution in [3.8, 4) is 5.75 Å². The lowest BCUT2D eigenvalue weighted by atomic mass is 9.87. The van der Waals surface area contributed by atoms with E-state index in [2.05, 4.69) is 204 Å². The van der Waals surface area contributed by atoms with E-state index in [1.54, 1.807) is 19.9 Å². The number of phenols is 1. The molecular weight excluding hydrogens is 1580 g/mol. The number of amidine groups is 1. The van der Waals surface area contributed by atoms with Gasteiger partial charge in [0, 0.05) is 167 Å². The maximum atomic E-state index is 12.0. The molecule has 6 aromatic carbocycles. The molecule has 0 spiro atoms. The number of nitrogens with two attached hydrogens (primary N) is 1. The van der Waals surface area contributed by atoms with Crippen LogP contribution in [0.3, 0.4) is 0 Å². The Hall–Kier alpha value is -5.92. The number of carboxylic acids is 1. The number of aromatic nitrogens is 7. The van der Waals surface area contributed by atoms with E-state index in [0.29, 0.717) is 49.2 Å². The molecule has 11 rings (SSSR count). The third-order valence-corrected chi connectivity index (χ3v) is 21.8. The van der Waals surface area contributed by atoms with Crippen molar-refractivity contribution in [1.29, 1.82) is 0 Å². The van der Waals surface area contributed by atoms with Gasteiger partial charge in [-0.3, -0.25) is 4.79 Å². The smallest absolute Gasteiger partial charge is 0.508 e. The van der Waals surface area contributed by atoms with Crippen LogP contribution < -0.4 is 5.73 Å². The third kappa shape index (κ3) is 26.9. The summed E-state index contributed by atoms with van der Waals surface area (Å²) in [5, 5.41) is 44.7. The molecule has 0 aliphatic carbocycles. The largest absolute Gasteiger partial charge is 0.643 e. The van der Waals surface area contributed by atoms with E-state index in [4.69, 9.17) is 84.9 Å². The molecule has 0 amide bonds. The second-order valence-corrected chi connectivity index (χ2v) is 45.0. The van der Waals surface area contributed by atoms with Crippen LogP contribution in [0.5, 0.6) is 5.75 Å². The fraction of sp³-hybridized carbons (Fsp3) is 0.435. The highest BCUT2D eigenvalue weighted by atomic mass is 35.8. The first kappa shape index (κ1) is 94.7. The molecular formula is C85H118AlCl6N9O6S3. The van der Waals surface area contributed by atoms with Gasteiger partial charge in [0.05, 0.1) is 5.41 Å². The summed E-state index contributed by atoms with van der Waals surface area (Å²) >= 11 is 22.3. The topological polar surface area (TPSA) is 209 Å². The number of fused-ring (bicyclic) bond motifs is 3. The van der Waals surface area contributed by atoms with Gasteiger partial charge < -0.3 is 43.9 Å². The third-order valence-electron chi connectivity index (χ3n) is 17.3. The zero-order valence-electron chi connectivity index (χ0n) is 65.8. The second-order valence-electron chi connectivity index (χ2n) is 31.8. The first-order valence-electron chi connectivity index (χ1n) is 36.0. The summed E-state index contributed by atoms with van der Waals surface area (Å²) < 4.78 is 18.5. The molecule has 602 valence electrons. The van der Waals surface area contributed by atoms with E-state index >= 15 is 0 Å². The van der Waals surface area contributed by atoms with Crippen LogP contribution in [0.1, 0.15) is 219 Å². The van der Waals surface area contributed by atoms with Crippen molar-refractivity contribution in [2.24, 2.45) is 16.3 Å². The maximum absolute atomic E-state index is 12.0. The predicted octanol–water partition coefficient (Wildman–Crippen LogP) is 26.4. The van der Waals surface area contributed by atoms with Crippen molar-refractivity contribution in [3.63, 3.8) is 0 Å². The summed E-state index contributed by atoms with van der Waals surface area (Å²) in [6, 6.07) is 42.9. The number of hydrogen-bond donors (Lipinski definition) is 4. The molecule has 0 fully saturated rings. The molecule has 25 heteroatoms. The van der Waals surface area contributed by atoms with E-state index in [1.165, 1.54) is 59.1 Å². The quantitative estimate of drug-likeness (QED) is 0.0132. The van der Waals surface area contributed by atoms with Gasteiger partial charge in [-0.1, -0.05) is 236 Å². The van der Waals surface area contributed by atoms with Gasteiger partial charge in [-0.05, 0) is 123 Å². The predicted molar refractivity (Wildman–Crippen MR) is 478 cm³/mol. The van der Waals surface area contributed by atoms with Crippen LogP contribution in [0, 0.1) is 19.3 Å². The summed E-state index contributed by atoms with van der Waals surface area (Å²) in [6.07, 6.45) is 4.07. The number of benzene rings is 6. The second kappa shape index (κ2) is 40.4. The first-order valence-corrected chi connectivity index (χ1v) is 44.8. The molecule has 5 aromatic heterocycles. The number of aliphatic carboxylic acids is 1. The van der Waals surface area contributed by atoms with Crippen LogP contribution in [0.2, 0.25) is 15.1 Å². The Balaban J connectivity index is 0.000000531. The van der Waals surface area contributed by atoms with Gasteiger partial charge >= 0.3 is 17.4 Å². The van der Waals surface area contributed by atoms with Crippen LogP contribution in [0.25, 0.3) is 32.7 Å². The average Bonchev–Trinajstić information content (AvgIpc) is 1.61. The number of thioether (sulfide) groups is 3. The van der Waals surface area contributed by atoms with Gasteiger partial charge in [-0.15, -0.1) is 35.3 Å². The Morgan fingerprint density at radius 3 is 1.07 bits per heavy atom. The molecule has 0 bridgehead atoms. The van der Waals surface area contributed by atoms with Crippen LogP contribution in [-0.4, -0.2) is 86.8 Å². The Morgan fingerprint density at radius 1 is 0.509 bits per heavy atom. The van der Waals surface area contributed by atoms with Crippen LogP contribution in [-0.2, 0) is 67.4 Å². The molecule has 11 aromatic rings. The first-order chi connectivity index (χ1) is 50.3. The Labute approximate surface area is 702 Å². The van der Waals surface area contributed by atoms with E-state index in [0.717, 1.165) is 80.7 Å². The van der Waals surface area contributed by atoms with Crippen molar-refractivity contribution in [2.45, 2.75) is 251 Å². The van der Waals surface area contributed by atoms with E-state index in [9.17, 15) is 15.0 Å². The average molecular weight is 1700 g/mol. The summed E-state index contributed by atoms with van der Waals surface area (Å²) in [4.78, 5) is 25.0. The highest BCUT2D eigenvalue weighted by Crippen LogP contribution is 2.48. The molecule has 0 aliphatic rings. The van der Waals surface area contributed by atoms with Crippen molar-refractivity contribution >= 4 is 156 Å². The summed E-state index contributed by atoms with van der Waals surface area (Å²) in [7, 11) is 14.8. The molecule has 0 unspecified atom stereocenters. The maximum Gasteiger partial charge on any atom is 0.643 e. The number of carbonyl (C=O) groups is 1. The number of carboxylic acid groups (broad SMARTS) is 1. The number of rotatable bonds is 21. The highest BCUT2D eigenvalue weighted by Gasteiger charge is 2.37. The number of phenolic OH excluding ortho intramolecular Hbond substituents is 1. The van der Waals surface area contributed by atoms with Crippen molar-refractivity contribution in [3.05, 3.63) is 211 Å². The van der Waals surface area contributed by atoms with Crippen molar-refractivity contribution < 1.29 is 33.5 Å². The normalized spacial score (nSPS) is 12.1. The van der Waals surface area contributed by atoms with Crippen LogP contribution in [0.15, 0.2) is 156 Å². The number of nitrogens with zero attached hydrogens (tertiary/aromatic N) is 8. The molecule has 0 saturated carbocycles. The summed E-state index contributed by atoms with van der Waals surface area (Å²) in [6.45, 7) is 44.6. The number of oxime groups is 1. The van der Waals surface area contributed by atoms with Gasteiger partial charge in [0.25, 0.3) is 0 Å². The monoisotopic (exact) mass is 1690 g/mol. The SMILES string of the molecule is C.C.CC/C(N)=N/O.CCc1noc(C(C)(C)Cc2c(SC(C)(C)C)c3cc(C)ccc3n2Cc2ccc(Cl)cc2)n1.CCc1noc(C(C)(C)Cc2c(SC(C)(C)C)c3cc(O)ccc3n2Cc2ccc(Cl)cc2)n1.Cc1ccc2c(c1)c(SC(C)(C)C)c(CC(C)(C)C(=O)O)n2Cc1ccc(Cl)cc1.[Cl][Al]([Cl])[Cl].[HH].[HH].[HH].